The molecule has 33 heavy (non-hydrogen) atoms. The zero-order valence-corrected chi connectivity index (χ0v) is 19.2. The molecule has 4 nitrogen and oxygen atoms in total. The molecule has 0 saturated carbocycles. The van der Waals surface area contributed by atoms with Crippen LogP contribution in [0, 0.1) is 6.92 Å². The van der Waals surface area contributed by atoms with Gasteiger partial charge in [0, 0.05) is 23.5 Å². The SMILES string of the molecule is Cc1ccsc1CNCc1cccc(C2=NC(c3ccccc3)(c3ccccc3)C(=O)N2)c1. The normalized spacial score (nSPS) is 14.7. The standard InChI is InChI=1S/C28H25N3OS/c1-20-15-16-33-25(20)19-29-18-21-9-8-10-22(17-21)26-30-27(32)28(31-26,23-11-4-2-5-12-23)24-13-6-3-7-14-24/h2-17,29H,18-19H2,1H3,(H,30,31,32). The first kappa shape index (κ1) is 21.3. The molecule has 1 aliphatic rings. The maximum atomic E-state index is 13.5. The van der Waals surface area contributed by atoms with E-state index in [1.165, 1.54) is 10.4 Å². The Labute approximate surface area is 198 Å². The van der Waals surface area contributed by atoms with E-state index in [1.807, 2.05) is 72.8 Å². The van der Waals surface area contributed by atoms with Crippen molar-refractivity contribution in [3.63, 3.8) is 0 Å². The summed E-state index contributed by atoms with van der Waals surface area (Å²) in [5.74, 6) is 0.468. The van der Waals surface area contributed by atoms with E-state index in [0.717, 1.165) is 35.3 Å². The van der Waals surface area contributed by atoms with Gasteiger partial charge in [0.1, 0.15) is 5.84 Å². The van der Waals surface area contributed by atoms with Crippen molar-refractivity contribution < 1.29 is 4.79 Å². The van der Waals surface area contributed by atoms with Gasteiger partial charge in [-0.1, -0.05) is 78.9 Å². The number of nitrogens with one attached hydrogen (secondary N) is 2. The summed E-state index contributed by atoms with van der Waals surface area (Å²) >= 11 is 1.77. The van der Waals surface area contributed by atoms with Gasteiger partial charge < -0.3 is 10.6 Å². The number of benzene rings is 3. The summed E-state index contributed by atoms with van der Waals surface area (Å²) in [5, 5.41) is 8.71. The van der Waals surface area contributed by atoms with Gasteiger partial charge in [0.2, 0.25) is 0 Å². The summed E-state index contributed by atoms with van der Waals surface area (Å²) in [7, 11) is 0. The van der Waals surface area contributed by atoms with E-state index in [4.69, 9.17) is 4.99 Å². The molecular weight excluding hydrogens is 426 g/mol. The Hall–Kier alpha value is -3.54. The lowest BCUT2D eigenvalue weighted by molar-refractivity contribution is -0.122. The molecule has 2 N–H and O–H groups in total. The molecule has 0 bridgehead atoms. The quantitative estimate of drug-likeness (QED) is 0.407. The van der Waals surface area contributed by atoms with Crippen molar-refractivity contribution in [2.75, 3.05) is 0 Å². The number of carbonyl (C=O) groups is 1. The molecule has 2 heterocycles. The summed E-state index contributed by atoms with van der Waals surface area (Å²) in [6, 6.07) is 29.9. The van der Waals surface area contributed by atoms with Crippen LogP contribution in [0.1, 0.15) is 32.7 Å². The second kappa shape index (κ2) is 9.14. The van der Waals surface area contributed by atoms with E-state index in [2.05, 4.69) is 41.1 Å². The van der Waals surface area contributed by atoms with Crippen LogP contribution in [0.4, 0.5) is 0 Å². The lowest BCUT2D eigenvalue weighted by Gasteiger charge is -2.24. The summed E-state index contributed by atoms with van der Waals surface area (Å²) in [6.07, 6.45) is 0. The summed E-state index contributed by atoms with van der Waals surface area (Å²) in [5.41, 5.74) is 3.99. The van der Waals surface area contributed by atoms with E-state index in [0.29, 0.717) is 5.84 Å². The Morgan fingerprint density at radius 3 is 2.21 bits per heavy atom. The number of aliphatic imine (C=N–C) groups is 1. The van der Waals surface area contributed by atoms with Gasteiger partial charge in [-0.05, 0) is 46.7 Å². The molecule has 0 saturated heterocycles. The first-order chi connectivity index (χ1) is 16.2. The average molecular weight is 452 g/mol. The van der Waals surface area contributed by atoms with Gasteiger partial charge in [-0.15, -0.1) is 11.3 Å². The minimum atomic E-state index is -1.09. The van der Waals surface area contributed by atoms with Crippen LogP contribution >= 0.6 is 11.3 Å². The largest absolute Gasteiger partial charge is 0.308 e. The van der Waals surface area contributed by atoms with Crippen molar-refractivity contribution >= 4 is 23.1 Å². The molecule has 0 spiro atoms. The van der Waals surface area contributed by atoms with Gasteiger partial charge in [0.15, 0.2) is 5.54 Å². The molecule has 0 aliphatic carbocycles. The molecule has 3 aromatic carbocycles. The first-order valence-corrected chi connectivity index (χ1v) is 11.9. The van der Waals surface area contributed by atoms with Gasteiger partial charge in [-0.25, -0.2) is 4.99 Å². The van der Waals surface area contributed by atoms with Gasteiger partial charge in [-0.3, -0.25) is 4.79 Å². The molecule has 1 amide bonds. The number of amidine groups is 1. The van der Waals surface area contributed by atoms with Gasteiger partial charge in [-0.2, -0.15) is 0 Å². The summed E-state index contributed by atoms with van der Waals surface area (Å²) < 4.78 is 0. The molecule has 0 fully saturated rings. The van der Waals surface area contributed by atoms with E-state index >= 15 is 0 Å². The highest BCUT2D eigenvalue weighted by Crippen LogP contribution is 2.37. The summed E-state index contributed by atoms with van der Waals surface area (Å²) in [6.45, 7) is 3.73. The van der Waals surface area contributed by atoms with Crippen molar-refractivity contribution in [2.45, 2.75) is 25.6 Å². The van der Waals surface area contributed by atoms with Crippen LogP contribution in [0.2, 0.25) is 0 Å². The molecule has 0 atom stereocenters. The van der Waals surface area contributed by atoms with E-state index in [1.54, 1.807) is 11.3 Å². The van der Waals surface area contributed by atoms with E-state index in [9.17, 15) is 4.79 Å². The van der Waals surface area contributed by atoms with Gasteiger partial charge in [0.05, 0.1) is 0 Å². The van der Waals surface area contributed by atoms with Crippen molar-refractivity contribution in [1.82, 2.24) is 10.6 Å². The van der Waals surface area contributed by atoms with E-state index in [-0.39, 0.29) is 5.91 Å². The topological polar surface area (TPSA) is 53.5 Å². The first-order valence-electron chi connectivity index (χ1n) is 11.0. The fraction of sp³-hybridized carbons (Fsp3) is 0.143. The number of rotatable bonds is 7. The Bertz CT molecular complexity index is 1260. The van der Waals surface area contributed by atoms with Crippen LogP contribution in [0.3, 0.4) is 0 Å². The summed E-state index contributed by atoms with van der Waals surface area (Å²) in [4.78, 5) is 19.8. The van der Waals surface area contributed by atoms with Crippen LogP contribution in [-0.4, -0.2) is 11.7 Å². The number of hydrogen-bond donors (Lipinski definition) is 2. The lowest BCUT2D eigenvalue weighted by atomic mass is 9.83. The number of hydrogen-bond acceptors (Lipinski definition) is 4. The third kappa shape index (κ3) is 4.13. The molecule has 1 aromatic heterocycles. The molecule has 1 aliphatic heterocycles. The molecular formula is C28H25N3OS. The smallest absolute Gasteiger partial charge is 0.262 e. The van der Waals surface area contributed by atoms with E-state index < -0.39 is 5.54 Å². The third-order valence-corrected chi connectivity index (χ3v) is 7.03. The molecule has 5 heteroatoms. The maximum absolute atomic E-state index is 13.5. The van der Waals surface area contributed by atoms with Crippen LogP contribution in [-0.2, 0) is 23.4 Å². The lowest BCUT2D eigenvalue weighted by Crippen LogP contribution is -2.38. The number of nitrogens with zero attached hydrogens (tertiary/aromatic N) is 1. The Morgan fingerprint density at radius 1 is 0.879 bits per heavy atom. The molecule has 164 valence electrons. The fourth-order valence-corrected chi connectivity index (χ4v) is 5.11. The fourth-order valence-electron chi connectivity index (χ4n) is 4.23. The van der Waals surface area contributed by atoms with Crippen molar-refractivity contribution in [2.24, 2.45) is 4.99 Å². The predicted molar refractivity (Wildman–Crippen MR) is 134 cm³/mol. The zero-order valence-electron chi connectivity index (χ0n) is 18.4. The van der Waals surface area contributed by atoms with Crippen molar-refractivity contribution in [3.05, 3.63) is 129 Å². The predicted octanol–water partition coefficient (Wildman–Crippen LogP) is 5.17. The third-order valence-electron chi connectivity index (χ3n) is 6.01. The molecule has 0 radical (unpaired) electrons. The number of carbonyl (C=O) groups excluding carboxylic acids is 1. The van der Waals surface area contributed by atoms with Crippen LogP contribution in [0.25, 0.3) is 0 Å². The molecule has 4 aromatic rings. The monoisotopic (exact) mass is 451 g/mol. The second-order valence-electron chi connectivity index (χ2n) is 8.19. The van der Waals surface area contributed by atoms with Crippen LogP contribution in [0.5, 0.6) is 0 Å². The minimum absolute atomic E-state index is 0.133. The Balaban J connectivity index is 1.45. The van der Waals surface area contributed by atoms with Crippen molar-refractivity contribution in [1.29, 1.82) is 0 Å². The Kier molecular flexibility index (Phi) is 5.90. The number of amides is 1. The van der Waals surface area contributed by atoms with Crippen molar-refractivity contribution in [3.8, 4) is 0 Å². The van der Waals surface area contributed by atoms with Gasteiger partial charge >= 0.3 is 0 Å². The highest BCUT2D eigenvalue weighted by atomic mass is 32.1. The molecule has 0 unspecified atom stereocenters. The maximum Gasteiger partial charge on any atom is 0.262 e. The molecule has 5 rings (SSSR count). The average Bonchev–Trinajstić information content (AvgIpc) is 3.44. The van der Waals surface area contributed by atoms with Gasteiger partial charge in [0.25, 0.3) is 5.91 Å². The van der Waals surface area contributed by atoms with Crippen LogP contribution in [0.15, 0.2) is 101 Å². The Morgan fingerprint density at radius 2 is 1.58 bits per heavy atom. The highest BCUT2D eigenvalue weighted by Gasteiger charge is 2.46. The zero-order chi connectivity index (χ0) is 22.7. The minimum Gasteiger partial charge on any atom is -0.308 e. The number of aryl methyl sites for hydroxylation is 1. The second-order valence-corrected chi connectivity index (χ2v) is 9.19. The number of thiophene rings is 1. The highest BCUT2D eigenvalue weighted by molar-refractivity contribution is 7.10. The van der Waals surface area contributed by atoms with Crippen LogP contribution < -0.4 is 10.6 Å².